The lowest BCUT2D eigenvalue weighted by molar-refractivity contribution is -0.114. The Balaban J connectivity index is 1.68. The molecule has 2 aromatic carbocycles. The van der Waals surface area contributed by atoms with Gasteiger partial charge in [-0.05, 0) is 42.8 Å². The molecular weight excluding hydrogens is 378 g/mol. The summed E-state index contributed by atoms with van der Waals surface area (Å²) in [6, 6.07) is 14.6. The van der Waals surface area contributed by atoms with Gasteiger partial charge >= 0.3 is 0 Å². The van der Waals surface area contributed by atoms with Crippen LogP contribution in [0.15, 0.2) is 58.3 Å². The number of nitrogens with zero attached hydrogens (tertiary/aromatic N) is 1. The van der Waals surface area contributed by atoms with Crippen molar-refractivity contribution in [2.24, 2.45) is 0 Å². The quantitative estimate of drug-likeness (QED) is 0.577. The van der Waals surface area contributed by atoms with Crippen molar-refractivity contribution in [3.8, 4) is 0 Å². The summed E-state index contributed by atoms with van der Waals surface area (Å²) in [6.45, 7) is 3.43. The molecular formula is C20H19N3O2S2. The number of amides is 2. The highest BCUT2D eigenvalue weighted by molar-refractivity contribution is 8.00. The fourth-order valence-corrected chi connectivity index (χ4v) is 4.30. The number of carbonyl (C=O) groups excluding carboxylic acids is 2. The zero-order chi connectivity index (χ0) is 19.2. The fraction of sp³-hybridized carbons (Fsp3) is 0.150. The average molecular weight is 398 g/mol. The third-order valence-electron chi connectivity index (χ3n) is 3.67. The van der Waals surface area contributed by atoms with Crippen molar-refractivity contribution in [2.45, 2.75) is 23.9 Å². The Morgan fingerprint density at radius 3 is 2.33 bits per heavy atom. The molecule has 0 saturated heterocycles. The van der Waals surface area contributed by atoms with Gasteiger partial charge in [-0.15, -0.1) is 11.3 Å². The minimum atomic E-state index is -0.159. The zero-order valence-corrected chi connectivity index (χ0v) is 16.6. The number of anilines is 2. The van der Waals surface area contributed by atoms with E-state index in [0.29, 0.717) is 22.7 Å². The lowest BCUT2D eigenvalue weighted by Crippen LogP contribution is -2.14. The van der Waals surface area contributed by atoms with E-state index in [9.17, 15) is 9.59 Å². The first-order valence-electron chi connectivity index (χ1n) is 8.33. The Hall–Kier alpha value is -2.64. The van der Waals surface area contributed by atoms with Crippen molar-refractivity contribution >= 4 is 46.3 Å². The number of hydrogen-bond acceptors (Lipinski definition) is 5. The summed E-state index contributed by atoms with van der Waals surface area (Å²) in [5, 5.41) is 7.63. The van der Waals surface area contributed by atoms with Crippen LogP contribution in [0.1, 0.15) is 28.5 Å². The van der Waals surface area contributed by atoms with E-state index in [1.807, 2.05) is 36.6 Å². The number of thioether (sulfide) groups is 1. The minimum Gasteiger partial charge on any atom is -0.326 e. The topological polar surface area (TPSA) is 71.1 Å². The molecule has 27 heavy (non-hydrogen) atoms. The zero-order valence-electron chi connectivity index (χ0n) is 15.0. The summed E-state index contributed by atoms with van der Waals surface area (Å²) >= 11 is 3.24. The summed E-state index contributed by atoms with van der Waals surface area (Å²) in [7, 11) is 0. The summed E-state index contributed by atoms with van der Waals surface area (Å²) in [5.74, 6) is 0.389. The molecule has 0 fully saturated rings. The minimum absolute atomic E-state index is 0.131. The Morgan fingerprint density at radius 1 is 1.04 bits per heavy atom. The van der Waals surface area contributed by atoms with Crippen molar-refractivity contribution < 1.29 is 9.59 Å². The standard InChI is InChI=1S/C20H19N3O2S2/c1-13-11-26-20(21-13)27-12-15-5-3-4-6-18(15)19(25)23-17-9-7-16(8-10-17)22-14(2)24/h3-11H,12H2,1-2H3,(H,22,24)(H,23,25). The Kier molecular flexibility index (Phi) is 6.26. The first-order chi connectivity index (χ1) is 13.0. The molecule has 2 N–H and O–H groups in total. The molecule has 0 spiro atoms. The summed E-state index contributed by atoms with van der Waals surface area (Å²) in [5.41, 5.74) is 3.98. The van der Waals surface area contributed by atoms with Gasteiger partial charge in [0, 0.05) is 40.7 Å². The molecule has 0 bridgehead atoms. The second-order valence-corrected chi connectivity index (χ2v) is 7.99. The smallest absolute Gasteiger partial charge is 0.255 e. The Bertz CT molecular complexity index is 952. The molecule has 5 nitrogen and oxygen atoms in total. The predicted molar refractivity (Wildman–Crippen MR) is 112 cm³/mol. The van der Waals surface area contributed by atoms with Crippen LogP contribution in [0.5, 0.6) is 0 Å². The molecule has 0 saturated carbocycles. The van der Waals surface area contributed by atoms with Crippen LogP contribution in [0.4, 0.5) is 11.4 Å². The van der Waals surface area contributed by atoms with Crippen molar-refractivity contribution in [1.82, 2.24) is 4.98 Å². The number of aromatic nitrogens is 1. The number of benzene rings is 2. The van der Waals surface area contributed by atoms with E-state index < -0.39 is 0 Å². The van der Waals surface area contributed by atoms with Crippen molar-refractivity contribution in [1.29, 1.82) is 0 Å². The van der Waals surface area contributed by atoms with Gasteiger partial charge in [-0.25, -0.2) is 4.98 Å². The molecule has 0 atom stereocenters. The van der Waals surface area contributed by atoms with E-state index >= 15 is 0 Å². The van der Waals surface area contributed by atoms with Crippen LogP contribution in [-0.4, -0.2) is 16.8 Å². The second kappa shape index (κ2) is 8.83. The second-order valence-electron chi connectivity index (χ2n) is 5.91. The van der Waals surface area contributed by atoms with Gasteiger partial charge in [0.15, 0.2) is 0 Å². The van der Waals surface area contributed by atoms with Crippen LogP contribution >= 0.6 is 23.1 Å². The number of nitrogens with one attached hydrogen (secondary N) is 2. The number of aryl methyl sites for hydroxylation is 1. The molecule has 0 unspecified atom stereocenters. The predicted octanol–water partition coefficient (Wildman–Crippen LogP) is 4.95. The van der Waals surface area contributed by atoms with Gasteiger partial charge in [-0.3, -0.25) is 9.59 Å². The monoisotopic (exact) mass is 397 g/mol. The van der Waals surface area contributed by atoms with E-state index in [1.165, 1.54) is 6.92 Å². The lowest BCUT2D eigenvalue weighted by atomic mass is 10.1. The van der Waals surface area contributed by atoms with Gasteiger partial charge in [0.05, 0.1) is 0 Å². The van der Waals surface area contributed by atoms with E-state index in [4.69, 9.17) is 0 Å². The molecule has 0 aliphatic carbocycles. The van der Waals surface area contributed by atoms with Crippen LogP contribution in [0, 0.1) is 6.92 Å². The molecule has 1 aromatic heterocycles. The summed E-state index contributed by atoms with van der Waals surface area (Å²) in [6.07, 6.45) is 0. The van der Waals surface area contributed by atoms with Gasteiger partial charge < -0.3 is 10.6 Å². The van der Waals surface area contributed by atoms with Gasteiger partial charge in [0.25, 0.3) is 5.91 Å². The summed E-state index contributed by atoms with van der Waals surface area (Å²) < 4.78 is 0.997. The number of carbonyl (C=O) groups is 2. The van der Waals surface area contributed by atoms with E-state index in [0.717, 1.165) is 15.6 Å². The first-order valence-corrected chi connectivity index (χ1v) is 10.2. The van der Waals surface area contributed by atoms with Crippen LogP contribution in [0.25, 0.3) is 0 Å². The van der Waals surface area contributed by atoms with Crippen LogP contribution in [0.2, 0.25) is 0 Å². The highest BCUT2D eigenvalue weighted by Gasteiger charge is 2.12. The number of thiazole rings is 1. The van der Waals surface area contributed by atoms with Crippen LogP contribution < -0.4 is 10.6 Å². The molecule has 3 aromatic rings. The van der Waals surface area contributed by atoms with E-state index in [1.54, 1.807) is 47.4 Å². The van der Waals surface area contributed by atoms with Gasteiger partial charge in [-0.1, -0.05) is 30.0 Å². The molecule has 3 rings (SSSR count). The maximum Gasteiger partial charge on any atom is 0.255 e. The van der Waals surface area contributed by atoms with Crippen molar-refractivity contribution in [2.75, 3.05) is 10.6 Å². The SMILES string of the molecule is CC(=O)Nc1ccc(NC(=O)c2ccccc2CSc2nc(C)cs2)cc1. The molecule has 0 radical (unpaired) electrons. The maximum atomic E-state index is 12.7. The average Bonchev–Trinajstić information content (AvgIpc) is 3.07. The normalized spacial score (nSPS) is 10.4. The van der Waals surface area contributed by atoms with Gasteiger partial charge in [-0.2, -0.15) is 0 Å². The van der Waals surface area contributed by atoms with E-state index in [2.05, 4.69) is 15.6 Å². The highest BCUT2D eigenvalue weighted by Crippen LogP contribution is 2.27. The molecule has 138 valence electrons. The van der Waals surface area contributed by atoms with Crippen molar-refractivity contribution in [3.63, 3.8) is 0 Å². The molecule has 0 aliphatic heterocycles. The third-order valence-corrected chi connectivity index (χ3v) is 5.86. The van der Waals surface area contributed by atoms with E-state index in [-0.39, 0.29) is 11.8 Å². The highest BCUT2D eigenvalue weighted by atomic mass is 32.2. The first kappa shape index (κ1) is 19.1. The number of hydrogen-bond donors (Lipinski definition) is 2. The third kappa shape index (κ3) is 5.42. The van der Waals surface area contributed by atoms with Gasteiger partial charge in [0.1, 0.15) is 4.34 Å². The molecule has 0 aliphatic rings. The largest absolute Gasteiger partial charge is 0.326 e. The molecule has 7 heteroatoms. The Morgan fingerprint density at radius 2 is 1.70 bits per heavy atom. The maximum absolute atomic E-state index is 12.7. The van der Waals surface area contributed by atoms with Crippen LogP contribution in [-0.2, 0) is 10.5 Å². The molecule has 1 heterocycles. The fourth-order valence-electron chi connectivity index (χ4n) is 2.44. The van der Waals surface area contributed by atoms with Gasteiger partial charge in [0.2, 0.25) is 5.91 Å². The Labute approximate surface area is 166 Å². The van der Waals surface area contributed by atoms with Crippen LogP contribution in [0.3, 0.4) is 0 Å². The molecule has 2 amide bonds. The lowest BCUT2D eigenvalue weighted by Gasteiger charge is -2.10. The number of rotatable bonds is 6. The summed E-state index contributed by atoms with van der Waals surface area (Å²) in [4.78, 5) is 28.2. The van der Waals surface area contributed by atoms with Crippen molar-refractivity contribution in [3.05, 3.63) is 70.7 Å².